The van der Waals surface area contributed by atoms with Gasteiger partial charge in [-0.25, -0.2) is 0 Å². The zero-order chi connectivity index (χ0) is 12.3. The van der Waals surface area contributed by atoms with E-state index in [1.807, 2.05) is 0 Å². The second-order valence-electron chi connectivity index (χ2n) is 3.13. The van der Waals surface area contributed by atoms with Gasteiger partial charge in [-0.2, -0.15) is 13.2 Å². The van der Waals surface area contributed by atoms with E-state index in [2.05, 4.69) is 5.92 Å². The van der Waals surface area contributed by atoms with Crippen molar-refractivity contribution in [2.45, 2.75) is 13.1 Å². The van der Waals surface area contributed by atoms with Gasteiger partial charge in [-0.05, 0) is 24.6 Å². The van der Waals surface area contributed by atoms with Crippen molar-refractivity contribution in [1.82, 2.24) is 0 Å². The van der Waals surface area contributed by atoms with E-state index in [9.17, 15) is 18.0 Å². The number of halogens is 3. The van der Waals surface area contributed by atoms with Gasteiger partial charge < -0.3 is 5.32 Å². The molecule has 0 bridgehead atoms. The monoisotopic (exact) mass is 227 g/mol. The van der Waals surface area contributed by atoms with E-state index >= 15 is 0 Å². The molecule has 84 valence electrons. The topological polar surface area (TPSA) is 29.1 Å². The first-order chi connectivity index (χ1) is 7.34. The number of alkyl halides is 3. The zero-order valence-corrected chi connectivity index (χ0v) is 8.35. The van der Waals surface area contributed by atoms with Crippen molar-refractivity contribution in [1.29, 1.82) is 0 Å². The number of hydrogen-bond acceptors (Lipinski definition) is 1. The predicted octanol–water partition coefficient (Wildman–Crippen LogP) is 2.48. The van der Waals surface area contributed by atoms with Gasteiger partial charge >= 0.3 is 12.1 Å². The Bertz CT molecular complexity index is 457. The third kappa shape index (κ3) is 2.76. The van der Waals surface area contributed by atoms with Crippen LogP contribution >= 0.6 is 0 Å². The van der Waals surface area contributed by atoms with Crippen molar-refractivity contribution >= 4 is 11.6 Å². The van der Waals surface area contributed by atoms with Crippen LogP contribution in [-0.4, -0.2) is 12.1 Å². The van der Waals surface area contributed by atoms with Crippen LogP contribution in [0, 0.1) is 19.3 Å². The van der Waals surface area contributed by atoms with Gasteiger partial charge in [-0.3, -0.25) is 4.79 Å². The molecule has 0 aliphatic rings. The van der Waals surface area contributed by atoms with E-state index in [1.54, 1.807) is 24.4 Å². The van der Waals surface area contributed by atoms with Crippen LogP contribution in [0.15, 0.2) is 18.2 Å². The summed E-state index contributed by atoms with van der Waals surface area (Å²) in [6, 6.07) is 4.44. The summed E-state index contributed by atoms with van der Waals surface area (Å²) in [5, 5.41) is 1.77. The highest BCUT2D eigenvalue weighted by atomic mass is 19.4. The van der Waals surface area contributed by atoms with Gasteiger partial charge in [0.15, 0.2) is 0 Å². The molecule has 1 N–H and O–H groups in total. The standard InChI is InChI=1S/C11H8F3NO/c1-3-8-5-4-7(2)9(6-8)15-10(16)11(12,13)14/h1,4-6H,2H3,(H,15,16). The molecule has 16 heavy (non-hydrogen) atoms. The Morgan fingerprint density at radius 1 is 1.44 bits per heavy atom. The molecule has 1 rings (SSSR count). The maximum Gasteiger partial charge on any atom is 0.471 e. The molecule has 0 atom stereocenters. The van der Waals surface area contributed by atoms with E-state index in [4.69, 9.17) is 6.42 Å². The van der Waals surface area contributed by atoms with Crippen LogP contribution in [0.4, 0.5) is 18.9 Å². The molecule has 0 heterocycles. The second-order valence-corrected chi connectivity index (χ2v) is 3.13. The average molecular weight is 227 g/mol. The lowest BCUT2D eigenvalue weighted by atomic mass is 10.1. The maximum atomic E-state index is 12.0. The van der Waals surface area contributed by atoms with Gasteiger partial charge in [0.2, 0.25) is 0 Å². The first-order valence-electron chi connectivity index (χ1n) is 4.30. The van der Waals surface area contributed by atoms with Crippen LogP contribution in [-0.2, 0) is 4.79 Å². The molecule has 0 saturated carbocycles. The summed E-state index contributed by atoms with van der Waals surface area (Å²) in [6.45, 7) is 1.58. The lowest BCUT2D eigenvalue weighted by Crippen LogP contribution is -2.30. The minimum Gasteiger partial charge on any atom is -0.318 e. The summed E-state index contributed by atoms with van der Waals surface area (Å²) in [4.78, 5) is 10.7. The fourth-order valence-corrected chi connectivity index (χ4v) is 1.04. The van der Waals surface area contributed by atoms with Crippen molar-refractivity contribution in [3.63, 3.8) is 0 Å². The normalized spacial score (nSPS) is 10.7. The molecule has 0 aliphatic heterocycles. The number of aryl methyl sites for hydroxylation is 1. The molecule has 0 saturated heterocycles. The number of benzene rings is 1. The third-order valence-corrected chi connectivity index (χ3v) is 1.91. The van der Waals surface area contributed by atoms with Gasteiger partial charge in [0.05, 0.1) is 0 Å². The van der Waals surface area contributed by atoms with Gasteiger partial charge in [0.25, 0.3) is 0 Å². The number of nitrogens with one attached hydrogen (secondary N) is 1. The van der Waals surface area contributed by atoms with Crippen molar-refractivity contribution in [2.24, 2.45) is 0 Å². The number of amides is 1. The van der Waals surface area contributed by atoms with E-state index in [0.29, 0.717) is 11.1 Å². The molecule has 0 fully saturated rings. The van der Waals surface area contributed by atoms with Crippen molar-refractivity contribution in [3.8, 4) is 12.3 Å². The summed E-state index contributed by atoms with van der Waals surface area (Å²) < 4.78 is 36.0. The fraction of sp³-hybridized carbons (Fsp3) is 0.182. The molecular weight excluding hydrogens is 219 g/mol. The second kappa shape index (κ2) is 4.27. The number of anilines is 1. The Kier molecular flexibility index (Phi) is 3.23. The van der Waals surface area contributed by atoms with Crippen molar-refractivity contribution in [3.05, 3.63) is 29.3 Å². The molecule has 0 unspecified atom stereocenters. The number of rotatable bonds is 1. The van der Waals surface area contributed by atoms with Gasteiger partial charge in [0, 0.05) is 11.3 Å². The summed E-state index contributed by atoms with van der Waals surface area (Å²) >= 11 is 0. The SMILES string of the molecule is C#Cc1ccc(C)c(NC(=O)C(F)(F)F)c1. The van der Waals surface area contributed by atoms with Crippen LogP contribution in [0.2, 0.25) is 0 Å². The molecule has 1 aromatic carbocycles. The first kappa shape index (κ1) is 12.1. The molecule has 1 amide bonds. The highest BCUT2D eigenvalue weighted by Crippen LogP contribution is 2.21. The third-order valence-electron chi connectivity index (χ3n) is 1.91. The van der Waals surface area contributed by atoms with Gasteiger partial charge in [0.1, 0.15) is 0 Å². The van der Waals surface area contributed by atoms with Crippen LogP contribution in [0.1, 0.15) is 11.1 Å². The quantitative estimate of drug-likeness (QED) is 0.733. The molecular formula is C11H8F3NO. The molecule has 0 radical (unpaired) electrons. The number of hydrogen-bond donors (Lipinski definition) is 1. The number of carbonyl (C=O) groups excluding carboxylic acids is 1. The maximum absolute atomic E-state index is 12.0. The lowest BCUT2D eigenvalue weighted by Gasteiger charge is -2.10. The van der Waals surface area contributed by atoms with Gasteiger partial charge in [-0.15, -0.1) is 6.42 Å². The Labute approximate surface area is 90.5 Å². The van der Waals surface area contributed by atoms with E-state index < -0.39 is 12.1 Å². The molecule has 5 heteroatoms. The molecule has 2 nitrogen and oxygen atoms in total. The van der Waals surface area contributed by atoms with Gasteiger partial charge in [-0.1, -0.05) is 12.0 Å². The number of carbonyl (C=O) groups is 1. The van der Waals surface area contributed by atoms with Crippen LogP contribution < -0.4 is 5.32 Å². The van der Waals surface area contributed by atoms with Crippen LogP contribution in [0.3, 0.4) is 0 Å². The molecule has 0 spiro atoms. The Balaban J connectivity index is 2.98. The van der Waals surface area contributed by atoms with Crippen molar-refractivity contribution < 1.29 is 18.0 Å². The summed E-state index contributed by atoms with van der Waals surface area (Å²) in [6.07, 6.45) is 0.196. The Morgan fingerprint density at radius 3 is 2.56 bits per heavy atom. The molecule has 1 aromatic rings. The highest BCUT2D eigenvalue weighted by molar-refractivity contribution is 5.95. The fourth-order valence-electron chi connectivity index (χ4n) is 1.04. The van der Waals surface area contributed by atoms with Crippen molar-refractivity contribution in [2.75, 3.05) is 5.32 Å². The summed E-state index contributed by atoms with van der Waals surface area (Å²) in [7, 11) is 0. The number of terminal acetylenes is 1. The van der Waals surface area contributed by atoms with E-state index in [0.717, 1.165) is 0 Å². The first-order valence-corrected chi connectivity index (χ1v) is 4.30. The molecule has 0 aromatic heterocycles. The molecule has 0 aliphatic carbocycles. The summed E-state index contributed by atoms with van der Waals surface area (Å²) in [5.74, 6) is 0.265. The smallest absolute Gasteiger partial charge is 0.318 e. The highest BCUT2D eigenvalue weighted by Gasteiger charge is 2.38. The summed E-state index contributed by atoms with van der Waals surface area (Å²) in [5.41, 5.74) is 0.984. The lowest BCUT2D eigenvalue weighted by molar-refractivity contribution is -0.167. The Morgan fingerprint density at radius 2 is 2.06 bits per heavy atom. The minimum atomic E-state index is -4.90. The van der Waals surface area contributed by atoms with E-state index in [1.165, 1.54) is 6.07 Å². The minimum absolute atomic E-state index is 0.0674. The zero-order valence-electron chi connectivity index (χ0n) is 8.35. The largest absolute Gasteiger partial charge is 0.471 e. The van der Waals surface area contributed by atoms with Crippen LogP contribution in [0.5, 0.6) is 0 Å². The van der Waals surface area contributed by atoms with Crippen LogP contribution in [0.25, 0.3) is 0 Å². The Hall–Kier alpha value is -1.96. The van der Waals surface area contributed by atoms with E-state index in [-0.39, 0.29) is 5.69 Å². The average Bonchev–Trinajstić information content (AvgIpc) is 2.19. The predicted molar refractivity (Wildman–Crippen MR) is 53.8 cm³/mol.